The van der Waals surface area contributed by atoms with Gasteiger partial charge in [0.05, 0.1) is 6.10 Å². The number of amides is 1. The molecule has 3 rings (SSSR count). The molecule has 0 fully saturated rings. The third-order valence-corrected chi connectivity index (χ3v) is 4.68. The second kappa shape index (κ2) is 7.19. The summed E-state index contributed by atoms with van der Waals surface area (Å²) in [6, 6.07) is 6.79. The number of rotatable bonds is 3. The van der Waals surface area contributed by atoms with Crippen LogP contribution in [0.3, 0.4) is 0 Å². The lowest BCUT2D eigenvalue weighted by molar-refractivity contribution is -0.152. The van der Waals surface area contributed by atoms with Crippen molar-refractivity contribution >= 4 is 23.5 Å². The van der Waals surface area contributed by atoms with Crippen molar-refractivity contribution in [3.63, 3.8) is 0 Å². The Morgan fingerprint density at radius 1 is 1.13 bits per heavy atom. The summed E-state index contributed by atoms with van der Waals surface area (Å²) in [5.74, 6) is -2.45. The molecule has 2 heterocycles. The fraction of sp³-hybridized carbons (Fsp3) is 0.409. The minimum Gasteiger partial charge on any atom is -0.459 e. The van der Waals surface area contributed by atoms with E-state index < -0.39 is 35.0 Å². The molecule has 0 saturated carbocycles. The highest BCUT2D eigenvalue weighted by Gasteiger charge is 2.62. The van der Waals surface area contributed by atoms with Gasteiger partial charge in [-0.2, -0.15) is 0 Å². The summed E-state index contributed by atoms with van der Waals surface area (Å²) in [5, 5.41) is 2.75. The molecule has 0 aliphatic carbocycles. The quantitative estimate of drug-likeness (QED) is 0.730. The molecule has 2 aliphatic rings. The maximum Gasteiger partial charge on any atom is 0.341 e. The summed E-state index contributed by atoms with van der Waals surface area (Å²) in [7, 11) is 0. The monoisotopic (exact) mass is 414 g/mol. The zero-order chi connectivity index (χ0) is 22.4. The van der Waals surface area contributed by atoms with E-state index in [-0.39, 0.29) is 22.8 Å². The third kappa shape index (κ3) is 3.32. The lowest BCUT2D eigenvalue weighted by atomic mass is 9.67. The minimum absolute atomic E-state index is 0.0784. The predicted octanol–water partition coefficient (Wildman–Crippen LogP) is 2.64. The van der Waals surface area contributed by atoms with Crippen molar-refractivity contribution in [1.82, 2.24) is 0 Å². The minimum atomic E-state index is -1.85. The molecule has 1 amide bonds. The fourth-order valence-electron chi connectivity index (χ4n) is 3.75. The van der Waals surface area contributed by atoms with Crippen LogP contribution in [-0.4, -0.2) is 29.6 Å². The molecule has 8 heteroatoms. The second-order valence-electron chi connectivity index (χ2n) is 8.48. The van der Waals surface area contributed by atoms with Crippen LogP contribution in [0.5, 0.6) is 0 Å². The Kier molecular flexibility index (Phi) is 5.14. The number of ether oxygens (including phenoxy) is 3. The molecule has 0 unspecified atom stereocenters. The first-order valence-corrected chi connectivity index (χ1v) is 9.64. The maximum absolute atomic E-state index is 13.5. The van der Waals surface area contributed by atoms with Crippen molar-refractivity contribution in [2.45, 2.75) is 58.7 Å². The predicted molar refractivity (Wildman–Crippen MR) is 109 cm³/mol. The number of para-hydroxylation sites is 1. The highest BCUT2D eigenvalue weighted by Crippen LogP contribution is 2.52. The van der Waals surface area contributed by atoms with Crippen LogP contribution >= 0.6 is 0 Å². The SMILES string of the molecule is CC1=C(C(=O)OC(C)(C)C)[C@]2(C(=O)Nc3ccccc32)C(C(=O)OC(C)C)=C(N)O1. The van der Waals surface area contributed by atoms with E-state index in [1.54, 1.807) is 58.9 Å². The lowest BCUT2D eigenvalue weighted by Crippen LogP contribution is -2.49. The van der Waals surface area contributed by atoms with E-state index in [2.05, 4.69) is 5.32 Å². The number of fused-ring (bicyclic) bond motifs is 2. The number of allylic oxidation sites excluding steroid dienone is 1. The molecular weight excluding hydrogens is 388 g/mol. The van der Waals surface area contributed by atoms with Gasteiger partial charge < -0.3 is 25.3 Å². The standard InChI is InChI=1S/C22H26N2O6/c1-11(2)28-18(25)16-17(23)29-12(3)15(19(26)30-21(4,5)6)22(16)13-9-7-8-10-14(13)24-20(22)27/h7-11H,23H2,1-6H3,(H,24,27)/t22-/m0/s1. The van der Waals surface area contributed by atoms with Crippen LogP contribution < -0.4 is 11.1 Å². The highest BCUT2D eigenvalue weighted by molar-refractivity contribution is 6.21. The molecule has 0 radical (unpaired) electrons. The lowest BCUT2D eigenvalue weighted by Gasteiger charge is -2.36. The maximum atomic E-state index is 13.5. The van der Waals surface area contributed by atoms with Crippen LogP contribution in [0, 0.1) is 0 Å². The number of esters is 2. The molecule has 2 aliphatic heterocycles. The van der Waals surface area contributed by atoms with E-state index in [1.807, 2.05) is 0 Å². The van der Waals surface area contributed by atoms with Gasteiger partial charge in [0.25, 0.3) is 0 Å². The van der Waals surface area contributed by atoms with Crippen molar-refractivity contribution in [3.05, 3.63) is 52.6 Å². The topological polar surface area (TPSA) is 117 Å². The van der Waals surface area contributed by atoms with Gasteiger partial charge >= 0.3 is 11.9 Å². The van der Waals surface area contributed by atoms with Crippen molar-refractivity contribution in [3.8, 4) is 0 Å². The van der Waals surface area contributed by atoms with Crippen LogP contribution in [0.4, 0.5) is 5.69 Å². The van der Waals surface area contributed by atoms with Gasteiger partial charge in [0.15, 0.2) is 0 Å². The summed E-state index contributed by atoms with van der Waals surface area (Å²) in [6.45, 7) is 9.97. The number of carbonyl (C=O) groups excluding carboxylic acids is 3. The van der Waals surface area contributed by atoms with Gasteiger partial charge in [-0.1, -0.05) is 18.2 Å². The molecular formula is C22H26N2O6. The Bertz CT molecular complexity index is 999. The van der Waals surface area contributed by atoms with Crippen LogP contribution in [0.2, 0.25) is 0 Å². The first kappa shape index (κ1) is 21.4. The number of nitrogens with one attached hydrogen (secondary N) is 1. The van der Waals surface area contributed by atoms with Gasteiger partial charge in [0.1, 0.15) is 27.9 Å². The third-order valence-electron chi connectivity index (χ3n) is 4.68. The van der Waals surface area contributed by atoms with Crippen LogP contribution in [0.1, 0.15) is 47.1 Å². The normalized spacial score (nSPS) is 20.8. The van der Waals surface area contributed by atoms with Crippen LogP contribution in [0.25, 0.3) is 0 Å². The first-order chi connectivity index (χ1) is 13.9. The van der Waals surface area contributed by atoms with E-state index in [9.17, 15) is 14.4 Å². The van der Waals surface area contributed by atoms with E-state index in [0.29, 0.717) is 11.3 Å². The molecule has 0 bridgehead atoms. The Morgan fingerprint density at radius 2 is 1.77 bits per heavy atom. The molecule has 8 nitrogen and oxygen atoms in total. The van der Waals surface area contributed by atoms with Crippen LogP contribution in [0.15, 0.2) is 47.1 Å². The van der Waals surface area contributed by atoms with Crippen molar-refractivity contribution in [2.75, 3.05) is 5.32 Å². The Morgan fingerprint density at radius 3 is 2.37 bits per heavy atom. The molecule has 1 spiro atoms. The summed E-state index contributed by atoms with van der Waals surface area (Å²) in [6.07, 6.45) is -0.480. The van der Waals surface area contributed by atoms with Gasteiger partial charge in [0.2, 0.25) is 11.8 Å². The molecule has 0 aromatic heterocycles. The molecule has 1 atom stereocenters. The largest absolute Gasteiger partial charge is 0.459 e. The van der Waals surface area contributed by atoms with E-state index in [1.165, 1.54) is 6.92 Å². The summed E-state index contributed by atoms with van der Waals surface area (Å²) < 4.78 is 16.5. The van der Waals surface area contributed by atoms with Gasteiger partial charge in [-0.3, -0.25) is 4.79 Å². The van der Waals surface area contributed by atoms with Gasteiger partial charge in [0, 0.05) is 11.3 Å². The fourth-order valence-corrected chi connectivity index (χ4v) is 3.75. The number of anilines is 1. The average Bonchev–Trinajstić information content (AvgIpc) is 2.85. The van der Waals surface area contributed by atoms with Crippen molar-refractivity contribution in [2.24, 2.45) is 5.73 Å². The number of nitrogens with two attached hydrogens (primary N) is 1. The summed E-state index contributed by atoms with van der Waals surface area (Å²) >= 11 is 0. The first-order valence-electron chi connectivity index (χ1n) is 9.64. The smallest absolute Gasteiger partial charge is 0.341 e. The van der Waals surface area contributed by atoms with E-state index in [0.717, 1.165) is 0 Å². The van der Waals surface area contributed by atoms with Gasteiger partial charge in [-0.15, -0.1) is 0 Å². The van der Waals surface area contributed by atoms with E-state index >= 15 is 0 Å². The Balaban J connectivity index is 2.33. The highest BCUT2D eigenvalue weighted by atomic mass is 16.6. The van der Waals surface area contributed by atoms with Crippen molar-refractivity contribution < 1.29 is 28.6 Å². The zero-order valence-corrected chi connectivity index (χ0v) is 17.9. The zero-order valence-electron chi connectivity index (χ0n) is 17.9. The number of hydrogen-bond acceptors (Lipinski definition) is 7. The summed E-state index contributed by atoms with van der Waals surface area (Å²) in [4.78, 5) is 39.9. The molecule has 1 aromatic rings. The Hall–Kier alpha value is -3.29. The Labute approximate surface area is 175 Å². The molecule has 1 aromatic carbocycles. The number of hydrogen-bond donors (Lipinski definition) is 2. The molecule has 0 saturated heterocycles. The molecule has 3 N–H and O–H groups in total. The van der Waals surface area contributed by atoms with Crippen LogP contribution in [-0.2, 0) is 34.0 Å². The number of carbonyl (C=O) groups is 3. The second-order valence-corrected chi connectivity index (χ2v) is 8.48. The molecule has 30 heavy (non-hydrogen) atoms. The van der Waals surface area contributed by atoms with Crippen molar-refractivity contribution in [1.29, 1.82) is 0 Å². The number of benzene rings is 1. The van der Waals surface area contributed by atoms with E-state index in [4.69, 9.17) is 19.9 Å². The summed E-state index contributed by atoms with van der Waals surface area (Å²) in [5.41, 5.74) is 3.92. The average molecular weight is 414 g/mol. The molecule has 160 valence electrons. The van der Waals surface area contributed by atoms with Gasteiger partial charge in [-0.05, 0) is 47.6 Å². The van der Waals surface area contributed by atoms with Gasteiger partial charge in [-0.25, -0.2) is 9.59 Å².